The van der Waals surface area contributed by atoms with E-state index < -0.39 is 0 Å². The Labute approximate surface area is 155 Å². The molecular weight excluding hydrogens is 392 g/mol. The van der Waals surface area contributed by atoms with Crippen molar-refractivity contribution in [1.82, 2.24) is 4.90 Å². The topological polar surface area (TPSA) is 32.8 Å². The normalized spacial score (nSPS) is 14.6. The van der Waals surface area contributed by atoms with Crippen LogP contribution in [0.3, 0.4) is 0 Å². The number of hydrogen-bond donors (Lipinski definition) is 0. The Kier molecular flexibility index (Phi) is 5.63. The second kappa shape index (κ2) is 7.90. The van der Waals surface area contributed by atoms with E-state index in [0.29, 0.717) is 18.8 Å². The predicted molar refractivity (Wildman–Crippen MR) is 99.9 cm³/mol. The molecule has 3 rings (SSSR count). The Morgan fingerprint density at radius 1 is 1.04 bits per heavy atom. The molecule has 0 saturated carbocycles. The van der Waals surface area contributed by atoms with Crippen LogP contribution in [-0.4, -0.2) is 43.6 Å². The van der Waals surface area contributed by atoms with Crippen molar-refractivity contribution < 1.29 is 9.53 Å². The number of ether oxygens (including phenoxy) is 1. The van der Waals surface area contributed by atoms with Crippen LogP contribution in [0.25, 0.3) is 0 Å². The van der Waals surface area contributed by atoms with Crippen LogP contribution in [0.1, 0.15) is 0 Å². The van der Waals surface area contributed by atoms with Gasteiger partial charge in [-0.25, -0.2) is 0 Å². The summed E-state index contributed by atoms with van der Waals surface area (Å²) in [4.78, 5) is 16.3. The molecule has 1 amide bonds. The summed E-state index contributed by atoms with van der Waals surface area (Å²) in [5.74, 6) is 0.706. The highest BCUT2D eigenvalue weighted by atomic mass is 79.9. The molecule has 1 heterocycles. The molecule has 0 unspecified atom stereocenters. The lowest BCUT2D eigenvalue weighted by molar-refractivity contribution is -0.133. The van der Waals surface area contributed by atoms with Crippen LogP contribution in [-0.2, 0) is 4.79 Å². The van der Waals surface area contributed by atoms with Crippen LogP contribution in [0, 0.1) is 0 Å². The maximum absolute atomic E-state index is 12.3. The SMILES string of the molecule is O=C(COc1ccc(Br)cc1)N1CCN(c2ccccc2Cl)CC1. The molecule has 0 aromatic heterocycles. The van der Waals surface area contributed by atoms with Gasteiger partial charge >= 0.3 is 0 Å². The smallest absolute Gasteiger partial charge is 0.260 e. The van der Waals surface area contributed by atoms with Crippen LogP contribution >= 0.6 is 27.5 Å². The first kappa shape index (κ1) is 17.1. The van der Waals surface area contributed by atoms with E-state index in [9.17, 15) is 4.79 Å². The van der Waals surface area contributed by atoms with Gasteiger partial charge < -0.3 is 14.5 Å². The van der Waals surface area contributed by atoms with E-state index in [0.717, 1.165) is 28.3 Å². The van der Waals surface area contributed by atoms with Crippen LogP contribution in [0.5, 0.6) is 5.75 Å². The van der Waals surface area contributed by atoms with Gasteiger partial charge in [0.1, 0.15) is 5.75 Å². The molecule has 0 radical (unpaired) electrons. The second-order valence-corrected chi connectivity index (χ2v) is 6.88. The standard InChI is InChI=1S/C18H18BrClN2O2/c19-14-5-7-15(8-6-14)24-13-18(23)22-11-9-21(10-12-22)17-4-2-1-3-16(17)20/h1-8H,9-13H2. The minimum atomic E-state index is 0.0109. The number of piperazine rings is 1. The van der Waals surface area contributed by atoms with E-state index in [2.05, 4.69) is 20.8 Å². The zero-order valence-corrected chi connectivity index (χ0v) is 15.5. The van der Waals surface area contributed by atoms with Gasteiger partial charge in [0, 0.05) is 30.7 Å². The fourth-order valence-electron chi connectivity index (χ4n) is 2.67. The van der Waals surface area contributed by atoms with Gasteiger partial charge in [0.25, 0.3) is 5.91 Å². The number of anilines is 1. The maximum Gasteiger partial charge on any atom is 0.260 e. The number of nitrogens with zero attached hydrogens (tertiary/aromatic N) is 2. The Balaban J connectivity index is 1.50. The Hall–Kier alpha value is -1.72. The fraction of sp³-hybridized carbons (Fsp3) is 0.278. The van der Waals surface area contributed by atoms with Crippen LogP contribution in [0.15, 0.2) is 53.0 Å². The zero-order valence-electron chi connectivity index (χ0n) is 13.1. The molecule has 1 saturated heterocycles. The van der Waals surface area contributed by atoms with Gasteiger partial charge in [-0.3, -0.25) is 4.79 Å². The molecule has 126 valence electrons. The summed E-state index contributed by atoms with van der Waals surface area (Å²) in [5.41, 5.74) is 1.03. The zero-order chi connectivity index (χ0) is 16.9. The van der Waals surface area contributed by atoms with Gasteiger partial charge in [-0.15, -0.1) is 0 Å². The van der Waals surface area contributed by atoms with Crippen LogP contribution in [0.2, 0.25) is 5.02 Å². The summed E-state index contributed by atoms with van der Waals surface area (Å²) >= 11 is 9.61. The van der Waals surface area contributed by atoms with Crippen LogP contribution in [0.4, 0.5) is 5.69 Å². The molecule has 1 aliphatic heterocycles. The van der Waals surface area contributed by atoms with Gasteiger partial charge in [0.15, 0.2) is 6.61 Å². The molecule has 1 aliphatic rings. The van der Waals surface area contributed by atoms with Crippen LogP contribution < -0.4 is 9.64 Å². The highest BCUT2D eigenvalue weighted by Gasteiger charge is 2.22. The number of carbonyl (C=O) groups is 1. The van der Waals surface area contributed by atoms with E-state index in [1.807, 2.05) is 53.4 Å². The molecule has 4 nitrogen and oxygen atoms in total. The van der Waals surface area contributed by atoms with Gasteiger partial charge in [-0.2, -0.15) is 0 Å². The maximum atomic E-state index is 12.3. The minimum absolute atomic E-state index is 0.0109. The largest absolute Gasteiger partial charge is 0.484 e. The van der Waals surface area contributed by atoms with Crippen molar-refractivity contribution in [1.29, 1.82) is 0 Å². The lowest BCUT2D eigenvalue weighted by Gasteiger charge is -2.36. The van der Waals surface area contributed by atoms with Crippen molar-refractivity contribution in [2.75, 3.05) is 37.7 Å². The van der Waals surface area contributed by atoms with E-state index in [1.165, 1.54) is 0 Å². The molecule has 2 aromatic rings. The summed E-state index contributed by atoms with van der Waals surface area (Å²) in [7, 11) is 0. The van der Waals surface area contributed by atoms with E-state index in [-0.39, 0.29) is 12.5 Å². The number of rotatable bonds is 4. The quantitative estimate of drug-likeness (QED) is 0.769. The number of carbonyl (C=O) groups excluding carboxylic acids is 1. The molecule has 1 fully saturated rings. The van der Waals surface area contributed by atoms with Gasteiger partial charge in [-0.05, 0) is 36.4 Å². The Morgan fingerprint density at radius 3 is 2.38 bits per heavy atom. The summed E-state index contributed by atoms with van der Waals surface area (Å²) in [6.07, 6.45) is 0. The lowest BCUT2D eigenvalue weighted by Crippen LogP contribution is -2.50. The lowest BCUT2D eigenvalue weighted by atomic mass is 10.2. The molecule has 2 aromatic carbocycles. The van der Waals surface area contributed by atoms with E-state index in [1.54, 1.807) is 0 Å². The third-order valence-corrected chi connectivity index (χ3v) is 4.85. The number of hydrogen-bond acceptors (Lipinski definition) is 3. The molecule has 0 aliphatic carbocycles. The first-order valence-corrected chi connectivity index (χ1v) is 8.96. The van der Waals surface area contributed by atoms with Crippen molar-refractivity contribution in [3.8, 4) is 5.75 Å². The van der Waals surface area contributed by atoms with Gasteiger partial charge in [-0.1, -0.05) is 39.7 Å². The molecular formula is C18H18BrClN2O2. The van der Waals surface area contributed by atoms with Crippen molar-refractivity contribution in [3.63, 3.8) is 0 Å². The van der Waals surface area contributed by atoms with Gasteiger partial charge in [0.2, 0.25) is 0 Å². The summed E-state index contributed by atoms with van der Waals surface area (Å²) < 4.78 is 6.54. The number of halogens is 2. The third kappa shape index (κ3) is 4.22. The molecule has 24 heavy (non-hydrogen) atoms. The van der Waals surface area contributed by atoms with Gasteiger partial charge in [0.05, 0.1) is 10.7 Å². The van der Waals surface area contributed by atoms with E-state index in [4.69, 9.17) is 16.3 Å². The highest BCUT2D eigenvalue weighted by Crippen LogP contribution is 2.26. The fourth-order valence-corrected chi connectivity index (χ4v) is 3.19. The second-order valence-electron chi connectivity index (χ2n) is 5.56. The number of benzene rings is 2. The molecule has 0 bridgehead atoms. The third-order valence-electron chi connectivity index (χ3n) is 4.00. The van der Waals surface area contributed by atoms with E-state index >= 15 is 0 Å². The van der Waals surface area contributed by atoms with Crippen molar-refractivity contribution in [2.45, 2.75) is 0 Å². The van der Waals surface area contributed by atoms with Crippen molar-refractivity contribution in [2.24, 2.45) is 0 Å². The molecule has 6 heteroatoms. The first-order chi connectivity index (χ1) is 11.6. The predicted octanol–water partition coefficient (Wildman–Crippen LogP) is 3.83. The minimum Gasteiger partial charge on any atom is -0.484 e. The van der Waals surface area contributed by atoms with Crippen molar-refractivity contribution in [3.05, 3.63) is 58.0 Å². The average Bonchev–Trinajstić information content (AvgIpc) is 2.61. The summed E-state index contributed by atoms with van der Waals surface area (Å²) in [6, 6.07) is 15.3. The molecule has 0 spiro atoms. The average molecular weight is 410 g/mol. The summed E-state index contributed by atoms with van der Waals surface area (Å²) in [6.45, 7) is 2.96. The number of amides is 1. The summed E-state index contributed by atoms with van der Waals surface area (Å²) in [5, 5.41) is 0.746. The molecule has 0 N–H and O–H groups in total. The molecule has 0 atom stereocenters. The Morgan fingerprint density at radius 2 is 1.71 bits per heavy atom. The first-order valence-electron chi connectivity index (χ1n) is 7.79. The number of para-hydroxylation sites is 1. The highest BCUT2D eigenvalue weighted by molar-refractivity contribution is 9.10. The Bertz CT molecular complexity index is 700. The van der Waals surface area contributed by atoms with Crippen molar-refractivity contribution >= 4 is 39.1 Å². The monoisotopic (exact) mass is 408 g/mol.